The van der Waals surface area contributed by atoms with Crippen molar-refractivity contribution in [3.05, 3.63) is 40.6 Å². The fraction of sp³-hybridized carbons (Fsp3) is 0.304. The Labute approximate surface area is 196 Å². The van der Waals surface area contributed by atoms with Crippen LogP contribution in [0, 0.1) is 0 Å². The van der Waals surface area contributed by atoms with Crippen LogP contribution < -0.4 is 10.2 Å². The van der Waals surface area contributed by atoms with Crippen LogP contribution in [-0.2, 0) is 14.3 Å². The monoisotopic (exact) mass is 490 g/mol. The Hall–Kier alpha value is -4.00. The van der Waals surface area contributed by atoms with Gasteiger partial charge in [0.05, 0.1) is 6.10 Å². The van der Waals surface area contributed by atoms with E-state index in [-0.39, 0.29) is 22.3 Å². The summed E-state index contributed by atoms with van der Waals surface area (Å²) in [6, 6.07) is 5.48. The van der Waals surface area contributed by atoms with Crippen molar-refractivity contribution in [2.24, 2.45) is 0 Å². The smallest absolute Gasteiger partial charge is 0.303 e. The molecule has 6 N–H and O–H groups in total. The first-order chi connectivity index (χ1) is 16.5. The molecule has 12 nitrogen and oxygen atoms in total. The molecule has 2 aromatic carbocycles. The molecular weight excluding hydrogens is 468 g/mol. The molecule has 0 radical (unpaired) electrons. The zero-order valence-electron chi connectivity index (χ0n) is 18.4. The predicted octanol–water partition coefficient (Wildman–Crippen LogP) is 1.06. The molecule has 0 spiro atoms. The number of hydrogen-bond donors (Lipinski definition) is 6. The fourth-order valence-electron chi connectivity index (χ4n) is 3.76. The number of phenolic OH excluding ortho intramolecular Hbond substituents is 4. The molecule has 0 unspecified atom stereocenters. The Morgan fingerprint density at radius 2 is 1.69 bits per heavy atom. The van der Waals surface area contributed by atoms with E-state index in [9.17, 15) is 40.2 Å². The molecule has 1 saturated heterocycles. The zero-order valence-corrected chi connectivity index (χ0v) is 18.4. The molecule has 0 amide bonds. The van der Waals surface area contributed by atoms with E-state index in [1.54, 1.807) is 0 Å². The number of phenols is 4. The summed E-state index contributed by atoms with van der Waals surface area (Å²) in [7, 11) is 0. The summed E-state index contributed by atoms with van der Waals surface area (Å²) in [6.45, 7) is 2.48. The first-order valence-corrected chi connectivity index (χ1v) is 10.4. The lowest BCUT2D eigenvalue weighted by Gasteiger charge is -2.40. The van der Waals surface area contributed by atoms with Gasteiger partial charge in [-0.2, -0.15) is 0 Å². The molecule has 2 heterocycles. The molecule has 1 aliphatic rings. The number of fused-ring (bicyclic) bond motifs is 1. The van der Waals surface area contributed by atoms with Gasteiger partial charge >= 0.3 is 5.97 Å². The average molecular weight is 490 g/mol. The molecule has 4 rings (SSSR count). The SMILES string of the molecule is CC(=O)O[C@H]1[C@H](Oc2c(-c3ccc(O)c(O)c3)oc3cc(O)cc(O)c3c2=O)O[C@@H](C)[C@H](O)[C@H]1O. The van der Waals surface area contributed by atoms with Crippen molar-refractivity contribution in [3.63, 3.8) is 0 Å². The van der Waals surface area contributed by atoms with E-state index in [4.69, 9.17) is 18.6 Å². The molecule has 3 aromatic rings. The minimum absolute atomic E-state index is 0.0469. The summed E-state index contributed by atoms with van der Waals surface area (Å²) < 4.78 is 22.1. The number of rotatable bonds is 4. The van der Waals surface area contributed by atoms with E-state index in [0.717, 1.165) is 31.2 Å². The number of carbonyl (C=O) groups excluding carboxylic acids is 1. The Morgan fingerprint density at radius 3 is 2.34 bits per heavy atom. The fourth-order valence-corrected chi connectivity index (χ4v) is 3.76. The van der Waals surface area contributed by atoms with Gasteiger partial charge in [0.1, 0.15) is 34.7 Å². The molecule has 1 aromatic heterocycles. The lowest BCUT2D eigenvalue weighted by atomic mass is 9.99. The highest BCUT2D eigenvalue weighted by molar-refractivity contribution is 5.88. The number of aromatic hydroxyl groups is 4. The molecule has 186 valence electrons. The molecule has 35 heavy (non-hydrogen) atoms. The third-order valence-corrected chi connectivity index (χ3v) is 5.48. The Balaban J connectivity index is 1.92. The van der Waals surface area contributed by atoms with Gasteiger partial charge in [0.25, 0.3) is 0 Å². The minimum Gasteiger partial charge on any atom is -0.508 e. The highest BCUT2D eigenvalue weighted by Crippen LogP contribution is 2.39. The molecule has 0 bridgehead atoms. The Bertz CT molecular complexity index is 1350. The van der Waals surface area contributed by atoms with Crippen molar-refractivity contribution < 1.29 is 54.1 Å². The van der Waals surface area contributed by atoms with Crippen LogP contribution in [0.1, 0.15) is 13.8 Å². The van der Waals surface area contributed by atoms with Gasteiger partial charge in [-0.3, -0.25) is 9.59 Å². The van der Waals surface area contributed by atoms with E-state index in [0.29, 0.717) is 0 Å². The summed E-state index contributed by atoms with van der Waals surface area (Å²) in [5, 5.41) is 60.0. The molecule has 1 fully saturated rings. The second-order valence-corrected chi connectivity index (χ2v) is 8.01. The lowest BCUT2D eigenvalue weighted by molar-refractivity contribution is -0.273. The second kappa shape index (κ2) is 8.98. The van der Waals surface area contributed by atoms with Crippen molar-refractivity contribution in [1.29, 1.82) is 0 Å². The van der Waals surface area contributed by atoms with Crippen molar-refractivity contribution in [1.82, 2.24) is 0 Å². The van der Waals surface area contributed by atoms with Crippen LogP contribution in [0.3, 0.4) is 0 Å². The summed E-state index contributed by atoms with van der Waals surface area (Å²) in [6.07, 6.45) is -7.22. The maximum atomic E-state index is 13.4. The van der Waals surface area contributed by atoms with Gasteiger partial charge in [-0.1, -0.05) is 0 Å². The normalized spacial score (nSPS) is 24.3. The summed E-state index contributed by atoms with van der Waals surface area (Å²) >= 11 is 0. The molecular formula is C23H22O12. The molecule has 1 aliphatic heterocycles. The Kier molecular flexibility index (Phi) is 6.19. The summed E-state index contributed by atoms with van der Waals surface area (Å²) in [5.74, 6) is -3.72. The third-order valence-electron chi connectivity index (χ3n) is 5.48. The third kappa shape index (κ3) is 4.41. The number of aliphatic hydroxyl groups is 2. The van der Waals surface area contributed by atoms with Crippen LogP contribution in [0.4, 0.5) is 0 Å². The van der Waals surface area contributed by atoms with Crippen molar-refractivity contribution in [2.75, 3.05) is 0 Å². The van der Waals surface area contributed by atoms with Crippen LogP contribution in [0.25, 0.3) is 22.3 Å². The highest BCUT2D eigenvalue weighted by Gasteiger charge is 2.47. The van der Waals surface area contributed by atoms with Crippen LogP contribution in [0.15, 0.2) is 39.5 Å². The predicted molar refractivity (Wildman–Crippen MR) is 117 cm³/mol. The number of hydrogen-bond acceptors (Lipinski definition) is 12. The lowest BCUT2D eigenvalue weighted by Crippen LogP contribution is -2.59. The largest absolute Gasteiger partial charge is 0.508 e. The summed E-state index contributed by atoms with van der Waals surface area (Å²) in [4.78, 5) is 25.0. The maximum absolute atomic E-state index is 13.4. The zero-order chi connectivity index (χ0) is 25.6. The van der Waals surface area contributed by atoms with Gasteiger partial charge in [-0.25, -0.2) is 0 Å². The number of benzene rings is 2. The Morgan fingerprint density at radius 1 is 0.971 bits per heavy atom. The van der Waals surface area contributed by atoms with Crippen LogP contribution in [-0.4, -0.2) is 67.3 Å². The first-order valence-electron chi connectivity index (χ1n) is 10.4. The van der Waals surface area contributed by atoms with Crippen molar-refractivity contribution >= 4 is 16.9 Å². The molecule has 12 heteroatoms. The average Bonchev–Trinajstić information content (AvgIpc) is 2.77. The van der Waals surface area contributed by atoms with Gasteiger partial charge in [-0.15, -0.1) is 0 Å². The molecule has 0 aliphatic carbocycles. The molecule has 0 saturated carbocycles. The number of aliphatic hydroxyl groups excluding tert-OH is 2. The first kappa shape index (κ1) is 24.1. The van der Waals surface area contributed by atoms with E-state index in [1.165, 1.54) is 13.0 Å². The quantitative estimate of drug-likeness (QED) is 0.225. The van der Waals surface area contributed by atoms with E-state index in [1.807, 2.05) is 0 Å². The van der Waals surface area contributed by atoms with Gasteiger partial charge in [-0.05, 0) is 25.1 Å². The standard InChI is InChI=1S/C23H22O12/c1-8-17(29)19(31)22(33-9(2)24)23(32-8)35-21-18(30)16-14(28)6-11(25)7-15(16)34-20(21)10-3-4-12(26)13(27)5-10/h3-8,17,19,22-23,25-29,31H,1-2H3/t8-,17-,19+,22+,23-/m0/s1. The second-order valence-electron chi connectivity index (χ2n) is 8.01. The van der Waals surface area contributed by atoms with Crippen molar-refractivity contribution in [2.45, 2.75) is 44.6 Å². The minimum atomic E-state index is -1.63. The van der Waals surface area contributed by atoms with E-state index >= 15 is 0 Å². The van der Waals surface area contributed by atoms with Crippen LogP contribution >= 0.6 is 0 Å². The van der Waals surface area contributed by atoms with Crippen LogP contribution in [0.5, 0.6) is 28.7 Å². The van der Waals surface area contributed by atoms with E-state index in [2.05, 4.69) is 0 Å². The van der Waals surface area contributed by atoms with Crippen molar-refractivity contribution in [3.8, 4) is 40.1 Å². The topological polar surface area (TPSA) is 196 Å². The van der Waals surface area contributed by atoms with E-state index < -0.39 is 70.9 Å². The summed E-state index contributed by atoms with van der Waals surface area (Å²) in [5.41, 5.74) is -1.11. The highest BCUT2D eigenvalue weighted by atomic mass is 16.7. The van der Waals surface area contributed by atoms with Gasteiger partial charge in [0.15, 0.2) is 23.4 Å². The maximum Gasteiger partial charge on any atom is 0.303 e. The number of ether oxygens (including phenoxy) is 3. The van der Waals surface area contributed by atoms with Crippen LogP contribution in [0.2, 0.25) is 0 Å². The number of esters is 1. The number of carbonyl (C=O) groups is 1. The van der Waals surface area contributed by atoms with Gasteiger partial charge in [0.2, 0.25) is 17.5 Å². The van der Waals surface area contributed by atoms with Gasteiger partial charge < -0.3 is 49.3 Å². The molecule has 5 atom stereocenters. The van der Waals surface area contributed by atoms with Gasteiger partial charge in [0, 0.05) is 24.6 Å².